The zero-order chi connectivity index (χ0) is 18.6. The van der Waals surface area contributed by atoms with Gasteiger partial charge in [0.25, 0.3) is 0 Å². The van der Waals surface area contributed by atoms with Gasteiger partial charge in [0.15, 0.2) is 5.78 Å². The standard InChI is InChI=1S/C21H22N4O2/c1-14(26)15-8-10-16(11-9-15)23-21-24-19-7-3-2-6-18(19)20(25-21)22-13-17-5-4-12-27-17/h2-3,6-11,17H,4-5,12-13H2,1H3,(H2,22,23,24,25). The predicted octanol–water partition coefficient (Wildman–Crippen LogP) is 4.17. The molecule has 1 aliphatic heterocycles. The van der Waals surface area contributed by atoms with Gasteiger partial charge >= 0.3 is 0 Å². The van der Waals surface area contributed by atoms with Crippen molar-refractivity contribution >= 4 is 34.1 Å². The summed E-state index contributed by atoms with van der Waals surface area (Å²) in [6.07, 6.45) is 2.41. The molecule has 3 aromatic rings. The number of nitrogens with one attached hydrogen (secondary N) is 2. The van der Waals surface area contributed by atoms with Gasteiger partial charge in [0, 0.05) is 29.8 Å². The highest BCUT2D eigenvalue weighted by Gasteiger charge is 2.16. The van der Waals surface area contributed by atoms with Gasteiger partial charge in [-0.1, -0.05) is 12.1 Å². The van der Waals surface area contributed by atoms with Crippen LogP contribution in [-0.4, -0.2) is 35.0 Å². The van der Waals surface area contributed by atoms with Gasteiger partial charge in [0.05, 0.1) is 11.6 Å². The van der Waals surface area contributed by atoms with Gasteiger partial charge in [-0.25, -0.2) is 4.98 Å². The van der Waals surface area contributed by atoms with Gasteiger partial charge in [-0.05, 0) is 56.2 Å². The molecule has 2 aromatic carbocycles. The number of rotatable bonds is 6. The topological polar surface area (TPSA) is 76.1 Å². The third kappa shape index (κ3) is 4.06. The van der Waals surface area contributed by atoms with Crippen LogP contribution in [0.15, 0.2) is 48.5 Å². The number of carbonyl (C=O) groups is 1. The van der Waals surface area contributed by atoms with Crippen LogP contribution in [0, 0.1) is 0 Å². The van der Waals surface area contributed by atoms with Gasteiger partial charge in [-0.3, -0.25) is 4.79 Å². The van der Waals surface area contributed by atoms with Crippen molar-refractivity contribution in [3.8, 4) is 0 Å². The van der Waals surface area contributed by atoms with E-state index in [1.54, 1.807) is 19.1 Å². The Morgan fingerprint density at radius 1 is 1.15 bits per heavy atom. The number of fused-ring (bicyclic) bond motifs is 1. The minimum atomic E-state index is 0.0455. The third-order valence-corrected chi connectivity index (χ3v) is 4.67. The average molecular weight is 362 g/mol. The van der Waals surface area contributed by atoms with E-state index in [-0.39, 0.29) is 11.9 Å². The molecule has 1 atom stereocenters. The molecule has 0 spiro atoms. The van der Waals surface area contributed by atoms with E-state index in [2.05, 4.69) is 20.6 Å². The van der Waals surface area contributed by atoms with Gasteiger partial charge in [0.1, 0.15) is 5.82 Å². The first-order chi connectivity index (χ1) is 13.2. The lowest BCUT2D eigenvalue weighted by Gasteiger charge is -2.14. The average Bonchev–Trinajstić information content (AvgIpc) is 3.20. The van der Waals surface area contributed by atoms with Crippen molar-refractivity contribution in [3.63, 3.8) is 0 Å². The minimum Gasteiger partial charge on any atom is -0.376 e. The van der Waals surface area contributed by atoms with E-state index in [1.165, 1.54) is 0 Å². The molecule has 0 amide bonds. The van der Waals surface area contributed by atoms with E-state index in [0.717, 1.165) is 48.4 Å². The molecule has 1 aromatic heterocycles. The number of para-hydroxylation sites is 1. The summed E-state index contributed by atoms with van der Waals surface area (Å²) in [5.41, 5.74) is 2.38. The molecule has 0 radical (unpaired) electrons. The van der Waals surface area contributed by atoms with Crippen LogP contribution < -0.4 is 10.6 Å². The Hall–Kier alpha value is -2.99. The number of ether oxygens (including phenoxy) is 1. The monoisotopic (exact) mass is 362 g/mol. The molecule has 1 saturated heterocycles. The van der Waals surface area contributed by atoms with E-state index in [9.17, 15) is 4.79 Å². The maximum Gasteiger partial charge on any atom is 0.229 e. The number of nitrogens with zero attached hydrogens (tertiary/aromatic N) is 2. The lowest BCUT2D eigenvalue weighted by Crippen LogP contribution is -2.19. The SMILES string of the molecule is CC(=O)c1ccc(Nc2nc(NCC3CCCO3)c3ccccc3n2)cc1. The number of carbonyl (C=O) groups excluding carboxylic acids is 1. The van der Waals surface area contributed by atoms with Crippen LogP contribution in [0.5, 0.6) is 0 Å². The summed E-state index contributed by atoms with van der Waals surface area (Å²) >= 11 is 0. The first-order valence-corrected chi connectivity index (χ1v) is 9.19. The zero-order valence-electron chi connectivity index (χ0n) is 15.2. The van der Waals surface area contributed by atoms with Crippen molar-refractivity contribution in [2.45, 2.75) is 25.9 Å². The molecule has 4 rings (SSSR count). The number of hydrogen-bond donors (Lipinski definition) is 2. The fraction of sp³-hybridized carbons (Fsp3) is 0.286. The predicted molar refractivity (Wildman–Crippen MR) is 107 cm³/mol. The molecule has 0 saturated carbocycles. The fourth-order valence-corrected chi connectivity index (χ4v) is 3.20. The Bertz CT molecular complexity index is 950. The van der Waals surface area contributed by atoms with Crippen molar-refractivity contribution in [3.05, 3.63) is 54.1 Å². The quantitative estimate of drug-likeness (QED) is 0.641. The lowest BCUT2D eigenvalue weighted by atomic mass is 10.1. The Morgan fingerprint density at radius 2 is 1.96 bits per heavy atom. The number of benzene rings is 2. The van der Waals surface area contributed by atoms with E-state index in [4.69, 9.17) is 4.74 Å². The number of aromatic nitrogens is 2. The third-order valence-electron chi connectivity index (χ3n) is 4.67. The van der Waals surface area contributed by atoms with E-state index >= 15 is 0 Å². The largest absolute Gasteiger partial charge is 0.376 e. The van der Waals surface area contributed by atoms with Crippen molar-refractivity contribution in [2.75, 3.05) is 23.8 Å². The van der Waals surface area contributed by atoms with Crippen molar-refractivity contribution in [2.24, 2.45) is 0 Å². The van der Waals surface area contributed by atoms with Gasteiger partial charge < -0.3 is 15.4 Å². The van der Waals surface area contributed by atoms with Gasteiger partial charge in [-0.2, -0.15) is 4.98 Å². The van der Waals surface area contributed by atoms with Crippen LogP contribution in [0.4, 0.5) is 17.5 Å². The molecule has 1 unspecified atom stereocenters. The van der Waals surface area contributed by atoms with Crippen LogP contribution in [0.25, 0.3) is 10.9 Å². The number of ketones is 1. The van der Waals surface area contributed by atoms with Crippen LogP contribution in [0.3, 0.4) is 0 Å². The summed E-state index contributed by atoms with van der Waals surface area (Å²) in [6, 6.07) is 15.2. The Labute approximate surface area is 158 Å². The Kier molecular flexibility index (Phi) is 4.98. The Morgan fingerprint density at radius 3 is 2.70 bits per heavy atom. The number of Topliss-reactive ketones (excluding diaryl/α,β-unsaturated/α-hetero) is 1. The highest BCUT2D eigenvalue weighted by atomic mass is 16.5. The summed E-state index contributed by atoms with van der Waals surface area (Å²) < 4.78 is 5.69. The molecule has 27 heavy (non-hydrogen) atoms. The van der Waals surface area contributed by atoms with Crippen molar-refractivity contribution < 1.29 is 9.53 Å². The summed E-state index contributed by atoms with van der Waals surface area (Å²) in [6.45, 7) is 3.12. The summed E-state index contributed by atoms with van der Waals surface area (Å²) in [4.78, 5) is 20.7. The van der Waals surface area contributed by atoms with Crippen LogP contribution in [-0.2, 0) is 4.74 Å². The molecule has 2 heterocycles. The molecule has 6 nitrogen and oxygen atoms in total. The summed E-state index contributed by atoms with van der Waals surface area (Å²) in [5, 5.41) is 7.62. The normalized spacial score (nSPS) is 16.4. The van der Waals surface area contributed by atoms with Crippen LogP contribution in [0.1, 0.15) is 30.1 Å². The molecule has 6 heteroatoms. The second kappa shape index (κ2) is 7.72. The number of hydrogen-bond acceptors (Lipinski definition) is 6. The molecular formula is C21H22N4O2. The van der Waals surface area contributed by atoms with E-state index in [1.807, 2.05) is 36.4 Å². The second-order valence-electron chi connectivity index (χ2n) is 6.69. The molecular weight excluding hydrogens is 340 g/mol. The zero-order valence-corrected chi connectivity index (χ0v) is 15.2. The lowest BCUT2D eigenvalue weighted by molar-refractivity contribution is 0.101. The molecule has 1 aliphatic rings. The summed E-state index contributed by atoms with van der Waals surface area (Å²) in [7, 11) is 0. The van der Waals surface area contributed by atoms with E-state index in [0.29, 0.717) is 11.5 Å². The maximum absolute atomic E-state index is 11.4. The highest BCUT2D eigenvalue weighted by molar-refractivity contribution is 5.94. The molecule has 0 bridgehead atoms. The smallest absolute Gasteiger partial charge is 0.229 e. The molecule has 2 N–H and O–H groups in total. The fourth-order valence-electron chi connectivity index (χ4n) is 3.20. The first-order valence-electron chi connectivity index (χ1n) is 9.19. The van der Waals surface area contributed by atoms with Gasteiger partial charge in [0.2, 0.25) is 5.95 Å². The van der Waals surface area contributed by atoms with Gasteiger partial charge in [-0.15, -0.1) is 0 Å². The highest BCUT2D eigenvalue weighted by Crippen LogP contribution is 2.24. The molecule has 1 fully saturated rings. The second-order valence-corrected chi connectivity index (χ2v) is 6.69. The Balaban J connectivity index is 1.59. The van der Waals surface area contributed by atoms with Crippen molar-refractivity contribution in [1.29, 1.82) is 0 Å². The van der Waals surface area contributed by atoms with Crippen LogP contribution in [0.2, 0.25) is 0 Å². The first kappa shape index (κ1) is 17.4. The van der Waals surface area contributed by atoms with Crippen LogP contribution >= 0.6 is 0 Å². The number of anilines is 3. The minimum absolute atomic E-state index is 0.0455. The van der Waals surface area contributed by atoms with Crippen molar-refractivity contribution in [1.82, 2.24) is 9.97 Å². The maximum atomic E-state index is 11.4. The molecule has 0 aliphatic carbocycles. The summed E-state index contributed by atoms with van der Waals surface area (Å²) in [5.74, 6) is 1.35. The molecule has 138 valence electrons. The van der Waals surface area contributed by atoms with E-state index < -0.39 is 0 Å².